The van der Waals surface area contributed by atoms with Crippen molar-refractivity contribution in [1.29, 1.82) is 0 Å². The highest BCUT2D eigenvalue weighted by molar-refractivity contribution is 4.59. The largest absolute Gasteiger partial charge is 0.396 e. The zero-order valence-corrected chi connectivity index (χ0v) is 9.25. The summed E-state index contributed by atoms with van der Waals surface area (Å²) in [6.07, 6.45) is 5.87. The standard InChI is InChI=1S/C11H24O2/c1-4-10(2)6-5-7-11(13-3)8-9-12/h10-12H,4-9H2,1-3H3. The molecule has 13 heavy (non-hydrogen) atoms. The van der Waals surface area contributed by atoms with Crippen molar-refractivity contribution < 1.29 is 9.84 Å². The van der Waals surface area contributed by atoms with E-state index in [0.717, 1.165) is 18.8 Å². The van der Waals surface area contributed by atoms with Crippen LogP contribution in [0.1, 0.15) is 46.0 Å². The summed E-state index contributed by atoms with van der Waals surface area (Å²) in [5, 5.41) is 8.74. The van der Waals surface area contributed by atoms with Gasteiger partial charge in [-0.15, -0.1) is 0 Å². The molecule has 0 rings (SSSR count). The van der Waals surface area contributed by atoms with Crippen LogP contribution in [0.15, 0.2) is 0 Å². The minimum atomic E-state index is 0.238. The van der Waals surface area contributed by atoms with Crippen molar-refractivity contribution in [3.63, 3.8) is 0 Å². The second kappa shape index (κ2) is 8.52. The van der Waals surface area contributed by atoms with Crippen LogP contribution in [0.25, 0.3) is 0 Å². The summed E-state index contributed by atoms with van der Waals surface area (Å²) in [6, 6.07) is 0. The van der Waals surface area contributed by atoms with Crippen molar-refractivity contribution in [2.24, 2.45) is 5.92 Å². The van der Waals surface area contributed by atoms with Gasteiger partial charge in [0.05, 0.1) is 6.10 Å². The molecular weight excluding hydrogens is 164 g/mol. The second-order valence-electron chi connectivity index (χ2n) is 3.81. The minimum Gasteiger partial charge on any atom is -0.396 e. The van der Waals surface area contributed by atoms with Gasteiger partial charge in [-0.2, -0.15) is 0 Å². The van der Waals surface area contributed by atoms with Gasteiger partial charge in [-0.1, -0.05) is 33.1 Å². The molecule has 2 nitrogen and oxygen atoms in total. The fraction of sp³-hybridized carbons (Fsp3) is 1.00. The SMILES string of the molecule is CCC(C)CCCC(CCO)OC. The van der Waals surface area contributed by atoms with Gasteiger partial charge in [0.15, 0.2) is 0 Å². The molecular formula is C11H24O2. The Labute approximate surface area is 82.3 Å². The van der Waals surface area contributed by atoms with Crippen LogP contribution in [0.4, 0.5) is 0 Å². The Balaban J connectivity index is 3.37. The first-order valence-electron chi connectivity index (χ1n) is 5.38. The summed E-state index contributed by atoms with van der Waals surface area (Å²) < 4.78 is 5.25. The maximum Gasteiger partial charge on any atom is 0.0593 e. The second-order valence-corrected chi connectivity index (χ2v) is 3.81. The van der Waals surface area contributed by atoms with Crippen LogP contribution in [0, 0.1) is 5.92 Å². The molecule has 80 valence electrons. The molecule has 0 fully saturated rings. The summed E-state index contributed by atoms with van der Waals surface area (Å²) in [5.41, 5.74) is 0. The highest BCUT2D eigenvalue weighted by atomic mass is 16.5. The normalized spacial score (nSPS) is 15.7. The molecule has 0 heterocycles. The predicted molar refractivity (Wildman–Crippen MR) is 55.8 cm³/mol. The van der Waals surface area contributed by atoms with Gasteiger partial charge in [-0.3, -0.25) is 0 Å². The molecule has 2 heteroatoms. The Morgan fingerprint density at radius 1 is 1.23 bits per heavy atom. The molecule has 0 aromatic carbocycles. The zero-order valence-electron chi connectivity index (χ0n) is 9.25. The van der Waals surface area contributed by atoms with Gasteiger partial charge in [0.25, 0.3) is 0 Å². The maximum absolute atomic E-state index is 8.74. The number of hydrogen-bond donors (Lipinski definition) is 1. The monoisotopic (exact) mass is 188 g/mol. The molecule has 0 saturated carbocycles. The Hall–Kier alpha value is -0.0800. The number of hydrogen-bond acceptors (Lipinski definition) is 2. The van der Waals surface area contributed by atoms with Crippen molar-refractivity contribution in [2.45, 2.75) is 52.1 Å². The summed E-state index contributed by atoms with van der Waals surface area (Å²) in [4.78, 5) is 0. The Kier molecular flexibility index (Phi) is 8.46. The van der Waals surface area contributed by atoms with Crippen LogP contribution >= 0.6 is 0 Å². The maximum atomic E-state index is 8.74. The van der Waals surface area contributed by atoms with Gasteiger partial charge < -0.3 is 9.84 Å². The van der Waals surface area contributed by atoms with Crippen molar-refractivity contribution in [3.8, 4) is 0 Å². The fourth-order valence-electron chi connectivity index (χ4n) is 1.42. The lowest BCUT2D eigenvalue weighted by Crippen LogP contribution is -2.12. The summed E-state index contributed by atoms with van der Waals surface area (Å²) in [6.45, 7) is 4.75. The van der Waals surface area contributed by atoms with E-state index in [2.05, 4.69) is 13.8 Å². The minimum absolute atomic E-state index is 0.238. The third-order valence-corrected chi connectivity index (χ3v) is 2.70. The topological polar surface area (TPSA) is 29.5 Å². The van der Waals surface area contributed by atoms with Crippen molar-refractivity contribution in [3.05, 3.63) is 0 Å². The number of rotatable bonds is 8. The van der Waals surface area contributed by atoms with Crippen molar-refractivity contribution in [1.82, 2.24) is 0 Å². The first kappa shape index (κ1) is 12.9. The van der Waals surface area contributed by atoms with Crippen molar-refractivity contribution in [2.75, 3.05) is 13.7 Å². The average molecular weight is 188 g/mol. The number of methoxy groups -OCH3 is 1. The Bertz CT molecular complexity index is 104. The average Bonchev–Trinajstić information content (AvgIpc) is 2.16. The van der Waals surface area contributed by atoms with Crippen LogP contribution in [0.2, 0.25) is 0 Å². The lowest BCUT2D eigenvalue weighted by molar-refractivity contribution is 0.0683. The third-order valence-electron chi connectivity index (χ3n) is 2.70. The van der Waals surface area contributed by atoms with E-state index in [0.29, 0.717) is 0 Å². The van der Waals surface area contributed by atoms with Crippen molar-refractivity contribution >= 4 is 0 Å². The van der Waals surface area contributed by atoms with E-state index in [9.17, 15) is 0 Å². The molecule has 2 atom stereocenters. The summed E-state index contributed by atoms with van der Waals surface area (Å²) in [7, 11) is 1.73. The molecule has 0 bridgehead atoms. The van der Waals surface area contributed by atoms with E-state index in [1.807, 2.05) is 0 Å². The van der Waals surface area contributed by atoms with Gasteiger partial charge in [-0.05, 0) is 18.8 Å². The van der Waals surface area contributed by atoms with E-state index in [4.69, 9.17) is 9.84 Å². The fourth-order valence-corrected chi connectivity index (χ4v) is 1.42. The van der Waals surface area contributed by atoms with Crippen LogP contribution in [0.3, 0.4) is 0 Å². The van der Waals surface area contributed by atoms with Crippen LogP contribution in [-0.4, -0.2) is 24.9 Å². The highest BCUT2D eigenvalue weighted by Gasteiger charge is 2.07. The van der Waals surface area contributed by atoms with E-state index < -0.39 is 0 Å². The molecule has 0 aliphatic rings. The van der Waals surface area contributed by atoms with E-state index in [1.165, 1.54) is 19.3 Å². The smallest absolute Gasteiger partial charge is 0.0593 e. The molecule has 0 aliphatic carbocycles. The van der Waals surface area contributed by atoms with Crippen LogP contribution in [-0.2, 0) is 4.74 Å². The summed E-state index contributed by atoms with van der Waals surface area (Å²) in [5.74, 6) is 0.826. The Morgan fingerprint density at radius 3 is 2.38 bits per heavy atom. The van der Waals surface area contributed by atoms with Gasteiger partial charge in [0, 0.05) is 13.7 Å². The first-order valence-corrected chi connectivity index (χ1v) is 5.38. The number of aliphatic hydroxyl groups is 1. The van der Waals surface area contributed by atoms with Gasteiger partial charge in [-0.25, -0.2) is 0 Å². The molecule has 0 amide bonds. The lowest BCUT2D eigenvalue weighted by atomic mass is 9.99. The van der Waals surface area contributed by atoms with Crippen LogP contribution < -0.4 is 0 Å². The zero-order chi connectivity index (χ0) is 10.1. The molecule has 1 N–H and O–H groups in total. The molecule has 0 radical (unpaired) electrons. The quantitative estimate of drug-likeness (QED) is 0.634. The van der Waals surface area contributed by atoms with Gasteiger partial charge in [0.1, 0.15) is 0 Å². The molecule has 0 spiro atoms. The Morgan fingerprint density at radius 2 is 1.92 bits per heavy atom. The molecule has 0 aliphatic heterocycles. The molecule has 0 aromatic rings. The highest BCUT2D eigenvalue weighted by Crippen LogP contribution is 2.14. The first-order chi connectivity index (χ1) is 6.24. The number of aliphatic hydroxyl groups excluding tert-OH is 1. The third kappa shape index (κ3) is 7.03. The van der Waals surface area contributed by atoms with E-state index >= 15 is 0 Å². The molecule has 0 aromatic heterocycles. The molecule has 2 unspecified atom stereocenters. The van der Waals surface area contributed by atoms with Gasteiger partial charge in [0.2, 0.25) is 0 Å². The molecule has 0 saturated heterocycles. The summed E-state index contributed by atoms with van der Waals surface area (Å²) >= 11 is 0. The number of ether oxygens (including phenoxy) is 1. The van der Waals surface area contributed by atoms with E-state index in [-0.39, 0.29) is 12.7 Å². The predicted octanol–water partition coefficient (Wildman–Crippen LogP) is 2.60. The van der Waals surface area contributed by atoms with E-state index in [1.54, 1.807) is 7.11 Å². The lowest BCUT2D eigenvalue weighted by Gasteiger charge is -2.14. The van der Waals surface area contributed by atoms with Crippen LogP contribution in [0.5, 0.6) is 0 Å². The van der Waals surface area contributed by atoms with Gasteiger partial charge >= 0.3 is 0 Å².